The van der Waals surface area contributed by atoms with E-state index in [9.17, 15) is 4.79 Å². The van der Waals surface area contributed by atoms with Gasteiger partial charge in [-0.05, 0) is 6.07 Å². The molecule has 2 aliphatic heterocycles. The summed E-state index contributed by atoms with van der Waals surface area (Å²) in [5.74, 6) is 1.69. The first-order chi connectivity index (χ1) is 7.29. The van der Waals surface area contributed by atoms with Crippen LogP contribution in [-0.2, 0) is 11.3 Å². The molecule has 0 aromatic heterocycles. The van der Waals surface area contributed by atoms with E-state index in [0.29, 0.717) is 13.0 Å². The van der Waals surface area contributed by atoms with Crippen molar-refractivity contribution in [3.63, 3.8) is 0 Å². The SMILES string of the molecule is COc1cccc2c1O[C@@H]1CC(=O)N1C2. The van der Waals surface area contributed by atoms with Gasteiger partial charge in [0.15, 0.2) is 17.7 Å². The van der Waals surface area contributed by atoms with Crippen LogP contribution in [-0.4, -0.2) is 24.1 Å². The molecule has 3 rings (SSSR count). The van der Waals surface area contributed by atoms with Crippen LogP contribution in [0.25, 0.3) is 0 Å². The van der Waals surface area contributed by atoms with Crippen molar-refractivity contribution in [2.75, 3.05) is 7.11 Å². The summed E-state index contributed by atoms with van der Waals surface area (Å²) in [7, 11) is 1.62. The number of β-lactam (4-membered cyclic amide) rings is 1. The van der Waals surface area contributed by atoms with E-state index in [0.717, 1.165) is 17.1 Å². The maximum atomic E-state index is 11.2. The summed E-state index contributed by atoms with van der Waals surface area (Å²) in [6.07, 6.45) is 0.401. The van der Waals surface area contributed by atoms with Crippen molar-refractivity contribution in [2.45, 2.75) is 19.2 Å². The molecule has 4 nitrogen and oxygen atoms in total. The lowest BCUT2D eigenvalue weighted by Gasteiger charge is -2.44. The second kappa shape index (κ2) is 2.89. The van der Waals surface area contributed by atoms with Gasteiger partial charge in [-0.25, -0.2) is 0 Å². The molecule has 1 saturated heterocycles. The molecule has 0 aliphatic carbocycles. The number of nitrogens with zero attached hydrogens (tertiary/aromatic N) is 1. The highest BCUT2D eigenvalue weighted by Gasteiger charge is 2.42. The fourth-order valence-electron chi connectivity index (χ4n) is 2.02. The van der Waals surface area contributed by atoms with Gasteiger partial charge in [-0.1, -0.05) is 12.1 Å². The smallest absolute Gasteiger partial charge is 0.231 e. The molecule has 0 radical (unpaired) electrons. The Morgan fingerprint density at radius 1 is 1.53 bits per heavy atom. The van der Waals surface area contributed by atoms with E-state index < -0.39 is 0 Å². The predicted octanol–water partition coefficient (Wildman–Crippen LogP) is 1.15. The van der Waals surface area contributed by atoms with Gasteiger partial charge in [0.25, 0.3) is 0 Å². The molecule has 0 bridgehead atoms. The molecule has 0 spiro atoms. The molecule has 1 amide bonds. The largest absolute Gasteiger partial charge is 0.493 e. The van der Waals surface area contributed by atoms with Crippen LogP contribution in [0.5, 0.6) is 11.5 Å². The van der Waals surface area contributed by atoms with E-state index >= 15 is 0 Å². The van der Waals surface area contributed by atoms with Crippen LogP contribution in [0, 0.1) is 0 Å². The van der Waals surface area contributed by atoms with Crippen LogP contribution in [0.3, 0.4) is 0 Å². The number of para-hydroxylation sites is 1. The van der Waals surface area contributed by atoms with E-state index in [1.807, 2.05) is 18.2 Å². The Hall–Kier alpha value is -1.71. The standard InChI is InChI=1S/C11H11NO3/c1-14-8-4-2-3-7-6-12-9(13)5-10(12)15-11(7)8/h2-4,10H,5-6H2,1H3/t10-/m1/s1. The van der Waals surface area contributed by atoms with Gasteiger partial charge in [0.05, 0.1) is 20.1 Å². The molecule has 1 fully saturated rings. The van der Waals surface area contributed by atoms with Gasteiger partial charge >= 0.3 is 0 Å². The monoisotopic (exact) mass is 205 g/mol. The Bertz CT molecular complexity index is 430. The van der Waals surface area contributed by atoms with Crippen molar-refractivity contribution in [3.8, 4) is 11.5 Å². The molecule has 1 aromatic carbocycles. The number of fused-ring (bicyclic) bond motifs is 2. The molecule has 4 heteroatoms. The Morgan fingerprint density at radius 2 is 2.40 bits per heavy atom. The maximum absolute atomic E-state index is 11.2. The molecular weight excluding hydrogens is 194 g/mol. The lowest BCUT2D eigenvalue weighted by Crippen LogP contribution is -2.56. The first kappa shape index (κ1) is 8.59. The van der Waals surface area contributed by atoms with Crippen LogP contribution >= 0.6 is 0 Å². The molecule has 1 atom stereocenters. The highest BCUT2D eigenvalue weighted by atomic mass is 16.5. The minimum Gasteiger partial charge on any atom is -0.493 e. The topological polar surface area (TPSA) is 38.8 Å². The number of benzene rings is 1. The van der Waals surface area contributed by atoms with Gasteiger partial charge in [0, 0.05) is 5.56 Å². The second-order valence-electron chi connectivity index (χ2n) is 3.75. The molecule has 1 aromatic rings. The lowest BCUT2D eigenvalue weighted by molar-refractivity contribution is -0.165. The number of ether oxygens (including phenoxy) is 2. The predicted molar refractivity (Wildman–Crippen MR) is 52.6 cm³/mol. The van der Waals surface area contributed by atoms with Crippen molar-refractivity contribution in [1.29, 1.82) is 0 Å². The number of amides is 1. The summed E-state index contributed by atoms with van der Waals surface area (Å²) in [4.78, 5) is 13.0. The zero-order chi connectivity index (χ0) is 10.4. The Morgan fingerprint density at radius 3 is 3.13 bits per heavy atom. The zero-order valence-corrected chi connectivity index (χ0v) is 8.40. The highest BCUT2D eigenvalue weighted by molar-refractivity contribution is 5.83. The normalized spacial score (nSPS) is 22.3. The average molecular weight is 205 g/mol. The number of rotatable bonds is 1. The maximum Gasteiger partial charge on any atom is 0.231 e. The van der Waals surface area contributed by atoms with Gasteiger partial charge in [-0.2, -0.15) is 0 Å². The van der Waals surface area contributed by atoms with Gasteiger partial charge in [-0.3, -0.25) is 4.79 Å². The first-order valence-electron chi connectivity index (χ1n) is 4.91. The zero-order valence-electron chi connectivity index (χ0n) is 8.40. The van der Waals surface area contributed by atoms with Gasteiger partial charge < -0.3 is 14.4 Å². The van der Waals surface area contributed by atoms with Gasteiger partial charge in [0.2, 0.25) is 5.91 Å². The second-order valence-corrected chi connectivity index (χ2v) is 3.75. The quantitative estimate of drug-likeness (QED) is 0.645. The van der Waals surface area contributed by atoms with Crippen LogP contribution in [0.15, 0.2) is 18.2 Å². The van der Waals surface area contributed by atoms with Crippen LogP contribution in [0.2, 0.25) is 0 Å². The first-order valence-corrected chi connectivity index (χ1v) is 4.91. The summed E-state index contributed by atoms with van der Waals surface area (Å²) in [6.45, 7) is 0.635. The summed E-state index contributed by atoms with van der Waals surface area (Å²) in [5, 5.41) is 0. The van der Waals surface area contributed by atoms with Gasteiger partial charge in [0.1, 0.15) is 0 Å². The molecule has 2 aliphatic rings. The number of methoxy groups -OCH3 is 1. The summed E-state index contributed by atoms with van der Waals surface area (Å²) in [6, 6.07) is 5.74. The molecular formula is C11H11NO3. The van der Waals surface area contributed by atoms with Crippen molar-refractivity contribution in [1.82, 2.24) is 4.90 Å². The van der Waals surface area contributed by atoms with Crippen LogP contribution < -0.4 is 9.47 Å². The Labute approximate surface area is 87.4 Å². The number of hydrogen-bond donors (Lipinski definition) is 0. The third-order valence-corrected chi connectivity index (χ3v) is 2.89. The lowest BCUT2D eigenvalue weighted by atomic mass is 10.0. The van der Waals surface area contributed by atoms with Crippen molar-refractivity contribution >= 4 is 5.91 Å². The minimum absolute atomic E-state index is 0.0821. The van der Waals surface area contributed by atoms with E-state index in [1.165, 1.54) is 0 Å². The van der Waals surface area contributed by atoms with Crippen molar-refractivity contribution < 1.29 is 14.3 Å². The van der Waals surface area contributed by atoms with Gasteiger partial charge in [-0.15, -0.1) is 0 Å². The third kappa shape index (κ3) is 1.11. The van der Waals surface area contributed by atoms with Crippen molar-refractivity contribution in [3.05, 3.63) is 23.8 Å². The number of carbonyl (C=O) groups excluding carboxylic acids is 1. The Balaban J connectivity index is 2.01. The Kier molecular flexibility index (Phi) is 1.65. The molecule has 2 heterocycles. The summed E-state index contributed by atoms with van der Waals surface area (Å²) in [5.41, 5.74) is 1.01. The molecule has 78 valence electrons. The molecule has 15 heavy (non-hydrogen) atoms. The molecule has 0 N–H and O–H groups in total. The number of hydrogen-bond acceptors (Lipinski definition) is 3. The molecule has 0 unspecified atom stereocenters. The fourth-order valence-corrected chi connectivity index (χ4v) is 2.02. The summed E-state index contributed by atoms with van der Waals surface area (Å²) < 4.78 is 10.9. The number of carbonyl (C=O) groups is 1. The van der Waals surface area contributed by atoms with E-state index in [4.69, 9.17) is 9.47 Å². The van der Waals surface area contributed by atoms with E-state index in [2.05, 4.69) is 0 Å². The minimum atomic E-state index is -0.0821. The highest BCUT2D eigenvalue weighted by Crippen LogP contribution is 2.40. The fraction of sp³-hybridized carbons (Fsp3) is 0.364. The van der Waals surface area contributed by atoms with Crippen molar-refractivity contribution in [2.24, 2.45) is 0 Å². The van der Waals surface area contributed by atoms with Crippen LogP contribution in [0.1, 0.15) is 12.0 Å². The molecule has 0 saturated carbocycles. The van der Waals surface area contributed by atoms with Crippen LogP contribution in [0.4, 0.5) is 0 Å². The third-order valence-electron chi connectivity index (χ3n) is 2.89. The average Bonchev–Trinajstić information content (AvgIpc) is 2.26. The van der Waals surface area contributed by atoms with E-state index in [1.54, 1.807) is 12.0 Å². The summed E-state index contributed by atoms with van der Waals surface area (Å²) >= 11 is 0. The van der Waals surface area contributed by atoms with E-state index in [-0.39, 0.29) is 12.1 Å².